The maximum Gasteiger partial charge on any atom is 0.253 e. The van der Waals surface area contributed by atoms with E-state index in [1.807, 2.05) is 60.0 Å². The zero-order valence-electron chi connectivity index (χ0n) is 17.0. The van der Waals surface area contributed by atoms with Gasteiger partial charge in [0, 0.05) is 42.3 Å². The van der Waals surface area contributed by atoms with Crippen molar-refractivity contribution in [3.8, 4) is 0 Å². The molecule has 1 aromatic heterocycles. The van der Waals surface area contributed by atoms with Crippen molar-refractivity contribution in [2.45, 2.75) is 26.2 Å². The van der Waals surface area contributed by atoms with E-state index >= 15 is 0 Å². The Kier molecular flexibility index (Phi) is 6.69. The maximum atomic E-state index is 12.7. The van der Waals surface area contributed by atoms with Crippen LogP contribution < -0.4 is 5.32 Å². The third kappa shape index (κ3) is 5.02. The summed E-state index contributed by atoms with van der Waals surface area (Å²) in [4.78, 5) is 31.6. The number of aryl methyl sites for hydroxylation is 2. The van der Waals surface area contributed by atoms with Crippen molar-refractivity contribution in [2.75, 3.05) is 29.9 Å². The summed E-state index contributed by atoms with van der Waals surface area (Å²) in [6.45, 7) is 3.53. The average Bonchev–Trinajstić information content (AvgIpc) is 3.18. The van der Waals surface area contributed by atoms with Gasteiger partial charge in [-0.05, 0) is 55.7 Å². The molecule has 3 aromatic rings. The number of hydrogen-bond donors (Lipinski definition) is 1. The number of carbonyl (C=O) groups excluding carboxylic acids is 2. The number of para-hydroxylation sites is 1. The summed E-state index contributed by atoms with van der Waals surface area (Å²) >= 11 is 3.58. The van der Waals surface area contributed by atoms with Crippen molar-refractivity contribution in [3.05, 3.63) is 58.6 Å². The van der Waals surface area contributed by atoms with Crippen molar-refractivity contribution >= 4 is 50.8 Å². The summed E-state index contributed by atoms with van der Waals surface area (Å²) in [5, 5.41) is 4.05. The maximum absolute atomic E-state index is 12.7. The van der Waals surface area contributed by atoms with Crippen LogP contribution in [-0.2, 0) is 11.2 Å². The third-order valence-electron chi connectivity index (χ3n) is 5.18. The summed E-state index contributed by atoms with van der Waals surface area (Å²) in [7, 11) is 0. The highest BCUT2D eigenvalue weighted by molar-refractivity contribution is 7.99. The number of rotatable bonds is 6. The lowest BCUT2D eigenvalue weighted by Gasteiger charge is -2.26. The summed E-state index contributed by atoms with van der Waals surface area (Å²) in [5.41, 5.74) is 3.39. The van der Waals surface area contributed by atoms with Crippen LogP contribution in [0, 0.1) is 6.92 Å². The number of benzene rings is 2. The van der Waals surface area contributed by atoms with Gasteiger partial charge in [-0.15, -0.1) is 11.3 Å². The molecule has 7 heteroatoms. The topological polar surface area (TPSA) is 62.3 Å². The van der Waals surface area contributed by atoms with E-state index in [4.69, 9.17) is 0 Å². The molecule has 1 saturated heterocycles. The Balaban J connectivity index is 1.29. The Labute approximate surface area is 184 Å². The van der Waals surface area contributed by atoms with E-state index in [1.165, 1.54) is 4.70 Å². The third-order valence-corrected chi connectivity index (χ3v) is 7.22. The fraction of sp³-hybridized carbons (Fsp3) is 0.348. The normalized spacial score (nSPS) is 14.1. The molecule has 1 N–H and O–H groups in total. The number of nitrogens with zero attached hydrogens (tertiary/aromatic N) is 2. The van der Waals surface area contributed by atoms with Crippen LogP contribution in [0.5, 0.6) is 0 Å². The highest BCUT2D eigenvalue weighted by atomic mass is 32.2. The summed E-state index contributed by atoms with van der Waals surface area (Å²) in [6.07, 6.45) is 2.00. The monoisotopic (exact) mass is 439 g/mol. The minimum atomic E-state index is -0.00802. The van der Waals surface area contributed by atoms with Crippen LogP contribution >= 0.6 is 23.1 Å². The van der Waals surface area contributed by atoms with Gasteiger partial charge in [-0.25, -0.2) is 4.98 Å². The fourth-order valence-electron chi connectivity index (χ4n) is 3.53. The molecule has 2 amide bonds. The number of hydrogen-bond acceptors (Lipinski definition) is 5. The van der Waals surface area contributed by atoms with E-state index in [2.05, 4.69) is 16.4 Å². The van der Waals surface area contributed by atoms with Gasteiger partial charge < -0.3 is 10.2 Å². The van der Waals surface area contributed by atoms with Crippen LogP contribution in [0.1, 0.15) is 33.8 Å². The summed E-state index contributed by atoms with van der Waals surface area (Å²) in [5.74, 6) is 2.06. The van der Waals surface area contributed by atoms with Gasteiger partial charge in [-0.1, -0.05) is 12.1 Å². The first-order chi connectivity index (χ1) is 14.6. The van der Waals surface area contributed by atoms with Crippen LogP contribution in [0.3, 0.4) is 0 Å². The van der Waals surface area contributed by atoms with Gasteiger partial charge in [0.2, 0.25) is 5.91 Å². The van der Waals surface area contributed by atoms with Crippen molar-refractivity contribution in [1.29, 1.82) is 0 Å². The molecule has 5 nitrogen and oxygen atoms in total. The van der Waals surface area contributed by atoms with Crippen molar-refractivity contribution in [1.82, 2.24) is 9.88 Å². The lowest BCUT2D eigenvalue weighted by atomic mass is 10.1. The Morgan fingerprint density at radius 1 is 1.13 bits per heavy atom. The molecule has 0 bridgehead atoms. The lowest BCUT2D eigenvalue weighted by Crippen LogP contribution is -2.37. The molecule has 1 aliphatic heterocycles. The number of thioether (sulfide) groups is 1. The number of aromatic nitrogens is 1. The van der Waals surface area contributed by atoms with E-state index in [0.717, 1.165) is 59.2 Å². The van der Waals surface area contributed by atoms with Crippen LogP contribution in [0.25, 0.3) is 10.2 Å². The Morgan fingerprint density at radius 3 is 2.70 bits per heavy atom. The molecule has 2 aromatic carbocycles. The molecule has 1 aliphatic rings. The summed E-state index contributed by atoms with van der Waals surface area (Å²) < 4.78 is 1.19. The van der Waals surface area contributed by atoms with Gasteiger partial charge in [0.15, 0.2) is 0 Å². The molecule has 0 atom stereocenters. The predicted octanol–water partition coefficient (Wildman–Crippen LogP) is 4.76. The molecule has 4 rings (SSSR count). The van der Waals surface area contributed by atoms with Gasteiger partial charge in [-0.2, -0.15) is 11.8 Å². The number of anilines is 1. The molecule has 2 heterocycles. The van der Waals surface area contributed by atoms with Crippen LogP contribution in [0.15, 0.2) is 42.5 Å². The predicted molar refractivity (Wildman–Crippen MR) is 126 cm³/mol. The number of amides is 2. The second-order valence-corrected chi connectivity index (χ2v) is 9.75. The van der Waals surface area contributed by atoms with Gasteiger partial charge in [-0.3, -0.25) is 9.59 Å². The van der Waals surface area contributed by atoms with Gasteiger partial charge in [0.25, 0.3) is 5.91 Å². The first-order valence-corrected chi connectivity index (χ1v) is 12.2. The number of nitrogens with one attached hydrogen (secondary N) is 1. The van der Waals surface area contributed by atoms with Crippen LogP contribution in [-0.4, -0.2) is 46.3 Å². The largest absolute Gasteiger partial charge is 0.337 e. The van der Waals surface area contributed by atoms with Gasteiger partial charge >= 0.3 is 0 Å². The fourth-order valence-corrected chi connectivity index (χ4v) is 5.44. The van der Waals surface area contributed by atoms with E-state index in [1.54, 1.807) is 11.3 Å². The molecule has 0 spiro atoms. The smallest absolute Gasteiger partial charge is 0.253 e. The molecular weight excluding hydrogens is 414 g/mol. The lowest BCUT2D eigenvalue weighted by molar-refractivity contribution is -0.116. The van der Waals surface area contributed by atoms with E-state index in [0.29, 0.717) is 12.0 Å². The quantitative estimate of drug-likeness (QED) is 0.602. The Hall–Kier alpha value is -2.38. The number of carbonyl (C=O) groups is 2. The summed E-state index contributed by atoms with van der Waals surface area (Å²) in [6, 6.07) is 13.6. The Bertz CT molecular complexity index is 1020. The van der Waals surface area contributed by atoms with Gasteiger partial charge in [0.05, 0.1) is 15.2 Å². The zero-order chi connectivity index (χ0) is 20.9. The number of thiazole rings is 1. The second kappa shape index (κ2) is 9.62. The van der Waals surface area contributed by atoms with Crippen LogP contribution in [0.2, 0.25) is 0 Å². The number of fused-ring (bicyclic) bond motifs is 1. The molecule has 156 valence electrons. The average molecular weight is 440 g/mol. The molecule has 0 saturated carbocycles. The van der Waals surface area contributed by atoms with E-state index in [-0.39, 0.29) is 11.8 Å². The standard InChI is InChI=1S/C23H25N3O2S2/c1-16-15-17(23(28)26-11-13-29-14-12-26)9-10-18(16)24-21(27)7-4-8-22-25-19-5-2-3-6-20(19)30-22/h2-3,5-6,9-10,15H,4,7-8,11-14H2,1H3,(H,24,27). The van der Waals surface area contributed by atoms with E-state index < -0.39 is 0 Å². The molecule has 1 fully saturated rings. The molecule has 30 heavy (non-hydrogen) atoms. The highest BCUT2D eigenvalue weighted by Crippen LogP contribution is 2.23. The Morgan fingerprint density at radius 2 is 1.93 bits per heavy atom. The molecule has 0 unspecified atom stereocenters. The van der Waals surface area contributed by atoms with Crippen molar-refractivity contribution < 1.29 is 9.59 Å². The minimum absolute atomic E-state index is 0.00802. The first kappa shape index (κ1) is 20.9. The minimum Gasteiger partial charge on any atom is -0.337 e. The molecule has 0 aliphatic carbocycles. The molecule has 0 radical (unpaired) electrons. The van der Waals surface area contributed by atoms with Gasteiger partial charge in [0.1, 0.15) is 0 Å². The van der Waals surface area contributed by atoms with Crippen molar-refractivity contribution in [3.63, 3.8) is 0 Å². The second-order valence-electron chi connectivity index (χ2n) is 7.41. The zero-order valence-corrected chi connectivity index (χ0v) is 18.7. The van der Waals surface area contributed by atoms with Crippen LogP contribution in [0.4, 0.5) is 5.69 Å². The first-order valence-electron chi connectivity index (χ1n) is 10.2. The molecular formula is C23H25N3O2S2. The SMILES string of the molecule is Cc1cc(C(=O)N2CCSCC2)ccc1NC(=O)CCCc1nc2ccccc2s1. The van der Waals surface area contributed by atoms with Crippen molar-refractivity contribution in [2.24, 2.45) is 0 Å². The highest BCUT2D eigenvalue weighted by Gasteiger charge is 2.19. The van der Waals surface area contributed by atoms with E-state index in [9.17, 15) is 9.59 Å².